The molecule has 0 unspecified atom stereocenters. The van der Waals surface area contributed by atoms with Gasteiger partial charge in [-0.3, -0.25) is 0 Å². The number of aryl methyl sites for hydroxylation is 1. The van der Waals surface area contributed by atoms with Gasteiger partial charge in [0, 0.05) is 6.07 Å². The van der Waals surface area contributed by atoms with Crippen LogP contribution >= 0.6 is 0 Å². The molecule has 1 heterocycles. The second-order valence-electron chi connectivity index (χ2n) is 5.74. The highest BCUT2D eigenvalue weighted by atomic mass is 16.5. The number of aliphatic hydroxyl groups excluding tert-OH is 2. The highest BCUT2D eigenvalue weighted by Gasteiger charge is 2.20. The fraction of sp³-hybridized carbons (Fsp3) is 0.812. The van der Waals surface area contributed by atoms with Crippen LogP contribution in [0.3, 0.4) is 0 Å². The fourth-order valence-electron chi connectivity index (χ4n) is 2.34. The van der Waals surface area contributed by atoms with Crippen molar-refractivity contribution >= 4 is 0 Å². The lowest BCUT2D eigenvalue weighted by molar-refractivity contribution is 0.0843. The number of rotatable bonds is 12. The largest absolute Gasteiger partial charge is 0.395 e. The molecule has 21 heavy (non-hydrogen) atoms. The van der Waals surface area contributed by atoms with Crippen LogP contribution in [0.4, 0.5) is 0 Å². The van der Waals surface area contributed by atoms with Crippen LogP contribution in [-0.2, 0) is 6.42 Å². The molecule has 0 bridgehead atoms. The number of aliphatic hydroxyl groups is 2. The quantitative estimate of drug-likeness (QED) is 0.516. The average molecular weight is 298 g/mol. The Kier molecular flexibility index (Phi) is 9.30. The number of nitrogens with zero attached hydrogens (tertiary/aromatic N) is 1. The summed E-state index contributed by atoms with van der Waals surface area (Å²) in [6.45, 7) is 1.95. The van der Waals surface area contributed by atoms with Crippen LogP contribution in [0.5, 0.6) is 0 Å². The maximum Gasteiger partial charge on any atom is 0.167 e. The van der Waals surface area contributed by atoms with Gasteiger partial charge in [0.25, 0.3) is 0 Å². The van der Waals surface area contributed by atoms with E-state index >= 15 is 0 Å². The first-order chi connectivity index (χ1) is 10.2. The zero-order valence-corrected chi connectivity index (χ0v) is 13.1. The van der Waals surface area contributed by atoms with Gasteiger partial charge in [0.2, 0.25) is 0 Å². The SMILES string of the molecule is CCCCCCCCCCc1cc([C@@H](O)[C@@H](N)CO)on1. The monoisotopic (exact) mass is 298 g/mol. The number of hydrogen-bond donors (Lipinski definition) is 3. The zero-order chi connectivity index (χ0) is 15.5. The van der Waals surface area contributed by atoms with Gasteiger partial charge in [0.15, 0.2) is 5.76 Å². The summed E-state index contributed by atoms with van der Waals surface area (Å²) in [4.78, 5) is 0. The van der Waals surface area contributed by atoms with Crippen molar-refractivity contribution in [1.82, 2.24) is 5.16 Å². The predicted octanol–water partition coefficient (Wildman–Crippen LogP) is 2.71. The van der Waals surface area contributed by atoms with Crippen LogP contribution < -0.4 is 5.73 Å². The first-order valence-electron chi connectivity index (χ1n) is 8.19. The molecular formula is C16H30N2O3. The summed E-state index contributed by atoms with van der Waals surface area (Å²) in [6.07, 6.45) is 10.1. The zero-order valence-electron chi connectivity index (χ0n) is 13.1. The number of aromatic nitrogens is 1. The van der Waals surface area contributed by atoms with Gasteiger partial charge in [0.1, 0.15) is 6.10 Å². The molecule has 0 aliphatic heterocycles. The smallest absolute Gasteiger partial charge is 0.167 e. The van der Waals surface area contributed by atoms with Crippen LogP contribution in [0.2, 0.25) is 0 Å². The van der Waals surface area contributed by atoms with E-state index in [2.05, 4.69) is 12.1 Å². The number of hydrogen-bond acceptors (Lipinski definition) is 5. The first kappa shape index (κ1) is 18.1. The van der Waals surface area contributed by atoms with Gasteiger partial charge in [0.05, 0.1) is 18.3 Å². The topological polar surface area (TPSA) is 92.5 Å². The summed E-state index contributed by atoms with van der Waals surface area (Å²) >= 11 is 0. The van der Waals surface area contributed by atoms with E-state index in [1.807, 2.05) is 0 Å². The minimum absolute atomic E-state index is 0.283. The maximum atomic E-state index is 9.80. The van der Waals surface area contributed by atoms with Crippen molar-refractivity contribution in [3.8, 4) is 0 Å². The third-order valence-electron chi connectivity index (χ3n) is 3.77. The minimum atomic E-state index is -0.991. The Morgan fingerprint density at radius 1 is 1.14 bits per heavy atom. The molecule has 1 aromatic heterocycles. The van der Waals surface area contributed by atoms with E-state index in [0.717, 1.165) is 18.5 Å². The summed E-state index contributed by atoms with van der Waals surface area (Å²) in [5.74, 6) is 0.339. The molecule has 122 valence electrons. The van der Waals surface area contributed by atoms with Crippen molar-refractivity contribution in [2.24, 2.45) is 5.73 Å². The lowest BCUT2D eigenvalue weighted by atomic mass is 10.1. The standard InChI is InChI=1S/C16H30N2O3/c1-2-3-4-5-6-7-8-9-10-13-11-15(21-18-13)16(20)14(17)12-19/h11,14,16,19-20H,2-10,12,17H2,1H3/t14-,16-/m0/s1. The van der Waals surface area contributed by atoms with Crippen LogP contribution in [0, 0.1) is 0 Å². The molecule has 5 nitrogen and oxygen atoms in total. The van der Waals surface area contributed by atoms with Crippen molar-refractivity contribution < 1.29 is 14.7 Å². The summed E-state index contributed by atoms with van der Waals surface area (Å²) in [7, 11) is 0. The van der Waals surface area contributed by atoms with Crippen molar-refractivity contribution in [2.45, 2.75) is 76.9 Å². The molecule has 5 heteroatoms. The van der Waals surface area contributed by atoms with Crippen molar-refractivity contribution in [2.75, 3.05) is 6.61 Å². The van der Waals surface area contributed by atoms with Crippen LogP contribution in [-0.4, -0.2) is 28.0 Å². The van der Waals surface area contributed by atoms with Gasteiger partial charge in [-0.1, -0.05) is 57.0 Å². The molecule has 0 aliphatic rings. The molecule has 0 fully saturated rings. The van der Waals surface area contributed by atoms with E-state index < -0.39 is 12.1 Å². The summed E-state index contributed by atoms with van der Waals surface area (Å²) in [6, 6.07) is 1.01. The highest BCUT2D eigenvalue weighted by Crippen LogP contribution is 2.18. The third-order valence-corrected chi connectivity index (χ3v) is 3.77. The number of unbranched alkanes of at least 4 members (excludes halogenated alkanes) is 7. The molecule has 1 aromatic rings. The molecular weight excluding hydrogens is 268 g/mol. The summed E-state index contributed by atoms with van der Waals surface area (Å²) in [5, 5.41) is 22.6. The molecule has 0 radical (unpaired) electrons. The highest BCUT2D eigenvalue weighted by molar-refractivity contribution is 5.09. The summed E-state index contributed by atoms with van der Waals surface area (Å²) in [5.41, 5.74) is 6.41. The van der Waals surface area contributed by atoms with Crippen LogP contribution in [0.1, 0.15) is 75.8 Å². The van der Waals surface area contributed by atoms with Gasteiger partial charge in [-0.25, -0.2) is 0 Å². The molecule has 0 aliphatic carbocycles. The second kappa shape index (κ2) is 10.8. The van der Waals surface area contributed by atoms with E-state index in [0.29, 0.717) is 5.76 Å². The van der Waals surface area contributed by atoms with Crippen LogP contribution in [0.25, 0.3) is 0 Å². The summed E-state index contributed by atoms with van der Waals surface area (Å²) < 4.78 is 5.08. The maximum absolute atomic E-state index is 9.80. The third kappa shape index (κ3) is 7.07. The molecule has 0 amide bonds. The Balaban J connectivity index is 2.14. The van der Waals surface area contributed by atoms with Crippen molar-refractivity contribution in [1.29, 1.82) is 0 Å². The van der Waals surface area contributed by atoms with Gasteiger partial charge in [-0.2, -0.15) is 0 Å². The van der Waals surface area contributed by atoms with Crippen molar-refractivity contribution in [3.05, 3.63) is 17.5 Å². The van der Waals surface area contributed by atoms with Gasteiger partial charge in [-0.15, -0.1) is 0 Å². The Bertz CT molecular complexity index is 368. The van der Waals surface area contributed by atoms with Crippen LogP contribution in [0.15, 0.2) is 10.6 Å². The van der Waals surface area contributed by atoms with E-state index in [4.69, 9.17) is 15.4 Å². The lowest BCUT2D eigenvalue weighted by Gasteiger charge is -2.12. The fourth-order valence-corrected chi connectivity index (χ4v) is 2.34. The normalized spacial score (nSPS) is 14.3. The van der Waals surface area contributed by atoms with Gasteiger partial charge in [-0.05, 0) is 12.8 Å². The Labute approximate surface area is 127 Å². The Hall–Kier alpha value is -0.910. The first-order valence-corrected chi connectivity index (χ1v) is 8.19. The average Bonchev–Trinajstić information content (AvgIpc) is 2.97. The molecule has 0 spiro atoms. The predicted molar refractivity (Wildman–Crippen MR) is 82.8 cm³/mol. The molecule has 4 N–H and O–H groups in total. The Morgan fingerprint density at radius 2 is 1.76 bits per heavy atom. The van der Waals surface area contributed by atoms with Gasteiger partial charge >= 0.3 is 0 Å². The van der Waals surface area contributed by atoms with Crippen molar-refractivity contribution in [3.63, 3.8) is 0 Å². The van der Waals surface area contributed by atoms with E-state index in [1.165, 1.54) is 44.9 Å². The lowest BCUT2D eigenvalue weighted by Crippen LogP contribution is -2.31. The van der Waals surface area contributed by atoms with E-state index in [-0.39, 0.29) is 6.61 Å². The molecule has 1 rings (SSSR count). The van der Waals surface area contributed by atoms with E-state index in [9.17, 15) is 5.11 Å². The molecule has 2 atom stereocenters. The molecule has 0 saturated heterocycles. The second-order valence-corrected chi connectivity index (χ2v) is 5.74. The van der Waals surface area contributed by atoms with Gasteiger partial charge < -0.3 is 20.5 Å². The molecule has 0 aromatic carbocycles. The minimum Gasteiger partial charge on any atom is -0.395 e. The van der Waals surface area contributed by atoms with E-state index in [1.54, 1.807) is 6.07 Å². The molecule has 0 saturated carbocycles. The Morgan fingerprint density at radius 3 is 2.38 bits per heavy atom. The number of nitrogens with two attached hydrogens (primary N) is 1.